The number of rotatable bonds is 4. The van der Waals surface area contributed by atoms with Crippen molar-refractivity contribution in [2.24, 2.45) is 0 Å². The van der Waals surface area contributed by atoms with Crippen LogP contribution in [0.15, 0.2) is 84.9 Å². The monoisotopic (exact) mass is 475 g/mol. The number of methoxy groups -OCH3 is 1. The van der Waals surface area contributed by atoms with E-state index in [9.17, 15) is 4.79 Å². The lowest BCUT2D eigenvalue weighted by atomic mass is 10.1. The van der Waals surface area contributed by atoms with E-state index < -0.39 is 0 Å². The van der Waals surface area contributed by atoms with Crippen molar-refractivity contribution in [2.75, 3.05) is 43.1 Å². The first-order valence-corrected chi connectivity index (χ1v) is 12.0. The fourth-order valence-corrected chi connectivity index (χ4v) is 4.68. The molecule has 6 rings (SSSR count). The molecule has 0 spiro atoms. The van der Waals surface area contributed by atoms with E-state index in [4.69, 9.17) is 19.7 Å². The topological polar surface area (TPSA) is 71.5 Å². The Bertz CT molecular complexity index is 1560. The van der Waals surface area contributed by atoms with Gasteiger partial charge in [-0.25, -0.2) is 19.7 Å². The number of hydrogen-bond donors (Lipinski definition) is 0. The molecule has 0 atom stereocenters. The van der Waals surface area contributed by atoms with E-state index in [0.29, 0.717) is 11.1 Å². The van der Waals surface area contributed by atoms with Gasteiger partial charge in [0.1, 0.15) is 11.5 Å². The molecule has 1 saturated heterocycles. The number of carbonyl (C=O) groups is 1. The van der Waals surface area contributed by atoms with Gasteiger partial charge in [-0.2, -0.15) is 0 Å². The number of pyridine rings is 1. The standard InChI is InChI=1S/C29H25N5O2/c1-36-29(35)22-11-13-24-25(19-22)32-28(27(31-24)21-8-3-2-4-9-21)34-17-15-33(16-18-34)26-14-12-20-7-5-6-10-23(20)30-26/h2-14,19H,15-18H2,1H3. The predicted molar refractivity (Wildman–Crippen MR) is 142 cm³/mol. The van der Waals surface area contributed by atoms with E-state index in [1.807, 2.05) is 36.4 Å². The first-order chi connectivity index (χ1) is 17.7. The lowest BCUT2D eigenvalue weighted by molar-refractivity contribution is 0.0601. The fourth-order valence-electron chi connectivity index (χ4n) is 4.68. The summed E-state index contributed by atoms with van der Waals surface area (Å²) in [5, 5.41) is 1.14. The Hall–Kier alpha value is -4.52. The number of piperazine rings is 1. The molecule has 36 heavy (non-hydrogen) atoms. The van der Waals surface area contributed by atoms with Crippen molar-refractivity contribution in [1.82, 2.24) is 15.0 Å². The molecular weight excluding hydrogens is 450 g/mol. The molecule has 0 bridgehead atoms. The van der Waals surface area contributed by atoms with Crippen LogP contribution in [0.1, 0.15) is 10.4 Å². The van der Waals surface area contributed by atoms with Gasteiger partial charge in [-0.3, -0.25) is 0 Å². The summed E-state index contributed by atoms with van der Waals surface area (Å²) in [6.45, 7) is 3.21. The number of anilines is 2. The third-order valence-corrected chi connectivity index (χ3v) is 6.60. The van der Waals surface area contributed by atoms with Crippen LogP contribution < -0.4 is 9.80 Å². The summed E-state index contributed by atoms with van der Waals surface area (Å²) in [5.74, 6) is 1.43. The van der Waals surface area contributed by atoms with E-state index in [2.05, 4.69) is 46.2 Å². The molecule has 2 aromatic heterocycles. The summed E-state index contributed by atoms with van der Waals surface area (Å²) in [7, 11) is 1.38. The Labute approximate surface area is 209 Å². The highest BCUT2D eigenvalue weighted by atomic mass is 16.5. The largest absolute Gasteiger partial charge is 0.465 e. The predicted octanol–water partition coefficient (Wildman–Crippen LogP) is 4.96. The molecule has 3 aromatic carbocycles. The highest BCUT2D eigenvalue weighted by Gasteiger charge is 2.23. The molecular formula is C29H25N5O2. The highest BCUT2D eigenvalue weighted by Crippen LogP contribution is 2.31. The van der Waals surface area contributed by atoms with Crippen LogP contribution in [0, 0.1) is 0 Å². The maximum Gasteiger partial charge on any atom is 0.337 e. The van der Waals surface area contributed by atoms with Gasteiger partial charge in [-0.1, -0.05) is 48.5 Å². The number of nitrogens with zero attached hydrogens (tertiary/aromatic N) is 5. The normalized spacial score (nSPS) is 13.8. The Morgan fingerprint density at radius 3 is 2.28 bits per heavy atom. The number of hydrogen-bond acceptors (Lipinski definition) is 7. The van der Waals surface area contributed by atoms with Gasteiger partial charge >= 0.3 is 5.97 Å². The molecule has 7 nitrogen and oxygen atoms in total. The fraction of sp³-hybridized carbons (Fsp3) is 0.172. The molecule has 178 valence electrons. The molecule has 0 radical (unpaired) electrons. The van der Waals surface area contributed by atoms with Gasteiger partial charge in [0.25, 0.3) is 0 Å². The average Bonchev–Trinajstić information content (AvgIpc) is 2.96. The number of fused-ring (bicyclic) bond motifs is 2. The van der Waals surface area contributed by atoms with Crippen LogP contribution >= 0.6 is 0 Å². The molecule has 1 aliphatic rings. The number of aromatic nitrogens is 3. The van der Waals surface area contributed by atoms with Crippen molar-refractivity contribution in [3.63, 3.8) is 0 Å². The minimum atomic E-state index is -0.385. The molecule has 0 N–H and O–H groups in total. The highest BCUT2D eigenvalue weighted by molar-refractivity contribution is 5.94. The number of para-hydroxylation sites is 1. The van der Waals surface area contributed by atoms with Gasteiger partial charge in [0.05, 0.1) is 29.2 Å². The van der Waals surface area contributed by atoms with Gasteiger partial charge in [-0.15, -0.1) is 0 Å². The minimum Gasteiger partial charge on any atom is -0.465 e. The third-order valence-electron chi connectivity index (χ3n) is 6.60. The van der Waals surface area contributed by atoms with Crippen LogP contribution in [-0.2, 0) is 4.74 Å². The van der Waals surface area contributed by atoms with Crippen molar-refractivity contribution in [2.45, 2.75) is 0 Å². The lowest BCUT2D eigenvalue weighted by Gasteiger charge is -2.36. The molecule has 5 aromatic rings. The van der Waals surface area contributed by atoms with Gasteiger partial charge in [0.2, 0.25) is 0 Å². The second-order valence-corrected chi connectivity index (χ2v) is 8.79. The summed E-state index contributed by atoms with van der Waals surface area (Å²) < 4.78 is 4.90. The zero-order chi connectivity index (χ0) is 24.5. The van der Waals surface area contributed by atoms with Crippen LogP contribution in [0.5, 0.6) is 0 Å². The summed E-state index contributed by atoms with van der Waals surface area (Å²) >= 11 is 0. The van der Waals surface area contributed by atoms with Gasteiger partial charge in [0.15, 0.2) is 5.82 Å². The van der Waals surface area contributed by atoms with E-state index >= 15 is 0 Å². The van der Waals surface area contributed by atoms with Crippen LogP contribution in [0.2, 0.25) is 0 Å². The van der Waals surface area contributed by atoms with Gasteiger partial charge in [0, 0.05) is 37.1 Å². The molecule has 1 aliphatic heterocycles. The lowest BCUT2D eigenvalue weighted by Crippen LogP contribution is -2.47. The first kappa shape index (κ1) is 22.0. The second-order valence-electron chi connectivity index (χ2n) is 8.79. The van der Waals surface area contributed by atoms with Crippen molar-refractivity contribution in [1.29, 1.82) is 0 Å². The molecule has 1 fully saturated rings. The summed E-state index contributed by atoms with van der Waals surface area (Å²) in [5.41, 5.74) is 4.73. The van der Waals surface area contributed by atoms with Gasteiger partial charge < -0.3 is 14.5 Å². The Balaban J connectivity index is 1.34. The Kier molecular flexibility index (Phi) is 5.65. The van der Waals surface area contributed by atoms with Crippen molar-refractivity contribution in [3.8, 4) is 11.3 Å². The van der Waals surface area contributed by atoms with E-state index in [0.717, 1.165) is 65.5 Å². The van der Waals surface area contributed by atoms with E-state index in [1.54, 1.807) is 12.1 Å². The maximum atomic E-state index is 12.1. The number of esters is 1. The van der Waals surface area contributed by atoms with Gasteiger partial charge in [-0.05, 0) is 36.4 Å². The third kappa shape index (κ3) is 4.09. The number of ether oxygens (including phenoxy) is 1. The number of carbonyl (C=O) groups excluding carboxylic acids is 1. The minimum absolute atomic E-state index is 0.385. The Morgan fingerprint density at radius 1 is 0.722 bits per heavy atom. The maximum absolute atomic E-state index is 12.1. The zero-order valence-corrected chi connectivity index (χ0v) is 20.0. The van der Waals surface area contributed by atoms with Crippen molar-refractivity contribution in [3.05, 3.63) is 90.5 Å². The average molecular weight is 476 g/mol. The second kappa shape index (κ2) is 9.26. The molecule has 0 aliphatic carbocycles. The van der Waals surface area contributed by atoms with Crippen molar-refractivity contribution < 1.29 is 9.53 Å². The molecule has 0 amide bonds. The first-order valence-electron chi connectivity index (χ1n) is 12.0. The van der Waals surface area contributed by atoms with Crippen LogP contribution in [0.25, 0.3) is 33.2 Å². The Morgan fingerprint density at radius 2 is 1.47 bits per heavy atom. The quantitative estimate of drug-likeness (QED) is 0.340. The molecule has 0 unspecified atom stereocenters. The SMILES string of the molecule is COC(=O)c1ccc2nc(-c3ccccc3)c(N3CCN(c4ccc5ccccc5n4)CC3)nc2c1. The van der Waals surface area contributed by atoms with E-state index in [-0.39, 0.29) is 5.97 Å². The van der Waals surface area contributed by atoms with Crippen LogP contribution in [-0.4, -0.2) is 54.2 Å². The smallest absolute Gasteiger partial charge is 0.337 e. The van der Waals surface area contributed by atoms with Crippen molar-refractivity contribution >= 4 is 39.5 Å². The molecule has 3 heterocycles. The zero-order valence-electron chi connectivity index (χ0n) is 20.0. The molecule has 0 saturated carbocycles. The van der Waals surface area contributed by atoms with E-state index in [1.165, 1.54) is 7.11 Å². The molecule has 7 heteroatoms. The summed E-state index contributed by atoms with van der Waals surface area (Å²) in [6.07, 6.45) is 0. The van der Waals surface area contributed by atoms with Crippen LogP contribution in [0.4, 0.5) is 11.6 Å². The summed E-state index contributed by atoms with van der Waals surface area (Å²) in [6, 6.07) is 27.8. The number of benzene rings is 3. The summed E-state index contributed by atoms with van der Waals surface area (Å²) in [4.78, 5) is 31.5. The van der Waals surface area contributed by atoms with Crippen LogP contribution in [0.3, 0.4) is 0 Å².